The van der Waals surface area contributed by atoms with Gasteiger partial charge in [-0.25, -0.2) is 9.48 Å². The van der Waals surface area contributed by atoms with Crippen LogP contribution in [0.5, 0.6) is 0 Å². The molecule has 0 unspecified atom stereocenters. The number of rotatable bonds is 5. The van der Waals surface area contributed by atoms with Gasteiger partial charge < -0.3 is 5.32 Å². The standard InChI is InChI=1S/C10H15F3N4O2/c1-16-8(18)7(15-17(2)9(16)19)14-6-4-3-5-10(11,12)13/h3-6H2,1-2H3,(H,14,15). The molecule has 1 rings (SSSR count). The Bertz CT molecular complexity index is 547. The Labute approximate surface area is 106 Å². The molecule has 108 valence electrons. The number of hydrogen-bond donors (Lipinski definition) is 1. The van der Waals surface area contributed by atoms with Gasteiger partial charge in [-0.1, -0.05) is 0 Å². The van der Waals surface area contributed by atoms with Crippen molar-refractivity contribution in [1.82, 2.24) is 14.3 Å². The molecule has 0 atom stereocenters. The van der Waals surface area contributed by atoms with E-state index in [1.807, 2.05) is 0 Å². The summed E-state index contributed by atoms with van der Waals surface area (Å²) in [5.41, 5.74) is -1.16. The molecule has 9 heteroatoms. The zero-order valence-corrected chi connectivity index (χ0v) is 10.6. The van der Waals surface area contributed by atoms with Crippen LogP contribution in [0.1, 0.15) is 19.3 Å². The van der Waals surface area contributed by atoms with Gasteiger partial charge in [0.25, 0.3) is 5.56 Å². The van der Waals surface area contributed by atoms with Crippen LogP contribution >= 0.6 is 0 Å². The molecule has 6 nitrogen and oxygen atoms in total. The molecule has 0 radical (unpaired) electrons. The molecule has 0 aromatic carbocycles. The molecule has 1 aromatic heterocycles. The molecular weight excluding hydrogens is 265 g/mol. The molecule has 0 aliphatic carbocycles. The molecule has 1 aromatic rings. The molecule has 19 heavy (non-hydrogen) atoms. The van der Waals surface area contributed by atoms with Crippen LogP contribution in [-0.4, -0.2) is 27.1 Å². The van der Waals surface area contributed by atoms with Crippen LogP contribution < -0.4 is 16.6 Å². The SMILES string of the molecule is Cn1nc(NCCCCC(F)(F)F)c(=O)n(C)c1=O. The normalized spacial score (nSPS) is 11.6. The third-order valence-corrected chi connectivity index (χ3v) is 2.50. The van der Waals surface area contributed by atoms with E-state index in [9.17, 15) is 22.8 Å². The molecular formula is C10H15F3N4O2. The van der Waals surface area contributed by atoms with E-state index in [2.05, 4.69) is 10.4 Å². The van der Waals surface area contributed by atoms with Crippen LogP contribution in [0.15, 0.2) is 9.59 Å². The van der Waals surface area contributed by atoms with Gasteiger partial charge in [0.15, 0.2) is 0 Å². The van der Waals surface area contributed by atoms with Gasteiger partial charge in [0.2, 0.25) is 5.82 Å². The number of anilines is 1. The van der Waals surface area contributed by atoms with Gasteiger partial charge in [0, 0.05) is 27.1 Å². The molecule has 0 bridgehead atoms. The highest BCUT2D eigenvalue weighted by Crippen LogP contribution is 2.21. The average molecular weight is 280 g/mol. The number of aromatic nitrogens is 3. The molecule has 1 heterocycles. The Kier molecular flexibility index (Phi) is 4.73. The van der Waals surface area contributed by atoms with E-state index in [0.29, 0.717) is 0 Å². The van der Waals surface area contributed by atoms with E-state index in [-0.39, 0.29) is 25.2 Å². The summed E-state index contributed by atoms with van der Waals surface area (Å²) in [4.78, 5) is 22.9. The summed E-state index contributed by atoms with van der Waals surface area (Å²) in [6, 6.07) is 0. The minimum atomic E-state index is -4.16. The predicted molar refractivity (Wildman–Crippen MR) is 63.1 cm³/mol. The van der Waals surface area contributed by atoms with Crippen molar-refractivity contribution in [3.05, 3.63) is 20.8 Å². The summed E-state index contributed by atoms with van der Waals surface area (Å²) in [6.07, 6.45) is -4.78. The van der Waals surface area contributed by atoms with Crippen molar-refractivity contribution in [3.8, 4) is 0 Å². The highest BCUT2D eigenvalue weighted by Gasteiger charge is 2.25. The van der Waals surface area contributed by atoms with E-state index in [1.54, 1.807) is 0 Å². The fourth-order valence-electron chi connectivity index (χ4n) is 1.47. The van der Waals surface area contributed by atoms with Gasteiger partial charge in [-0.05, 0) is 12.8 Å². The lowest BCUT2D eigenvalue weighted by molar-refractivity contribution is -0.135. The number of nitrogens with zero attached hydrogens (tertiary/aromatic N) is 3. The summed E-state index contributed by atoms with van der Waals surface area (Å²) in [5, 5.41) is 6.35. The van der Waals surface area contributed by atoms with E-state index in [0.717, 1.165) is 9.25 Å². The van der Waals surface area contributed by atoms with Gasteiger partial charge in [0.05, 0.1) is 0 Å². The highest BCUT2D eigenvalue weighted by molar-refractivity contribution is 5.29. The van der Waals surface area contributed by atoms with Gasteiger partial charge >= 0.3 is 11.9 Å². The largest absolute Gasteiger partial charge is 0.389 e. The maximum absolute atomic E-state index is 11.9. The summed E-state index contributed by atoms with van der Waals surface area (Å²) in [7, 11) is 2.69. The fraction of sp³-hybridized carbons (Fsp3) is 0.700. The lowest BCUT2D eigenvalue weighted by Gasteiger charge is -2.08. The lowest BCUT2D eigenvalue weighted by atomic mass is 10.2. The van der Waals surface area contributed by atoms with Crippen LogP contribution in [0.4, 0.5) is 19.0 Å². The van der Waals surface area contributed by atoms with Crippen molar-refractivity contribution in [2.75, 3.05) is 11.9 Å². The quantitative estimate of drug-likeness (QED) is 0.803. The highest BCUT2D eigenvalue weighted by atomic mass is 19.4. The fourth-order valence-corrected chi connectivity index (χ4v) is 1.47. The first-order valence-electron chi connectivity index (χ1n) is 5.67. The number of hydrogen-bond acceptors (Lipinski definition) is 4. The average Bonchev–Trinajstić information content (AvgIpc) is 2.31. The summed E-state index contributed by atoms with van der Waals surface area (Å²) < 4.78 is 37.6. The number of alkyl halides is 3. The molecule has 0 spiro atoms. The van der Waals surface area contributed by atoms with E-state index in [1.165, 1.54) is 14.1 Å². The van der Waals surface area contributed by atoms with Gasteiger partial charge in [-0.15, -0.1) is 5.10 Å². The first-order chi connectivity index (χ1) is 8.72. The van der Waals surface area contributed by atoms with Crippen LogP contribution in [0.25, 0.3) is 0 Å². The molecule has 0 aliphatic heterocycles. The Hall–Kier alpha value is -1.80. The minimum absolute atomic E-state index is 0.0252. The van der Waals surface area contributed by atoms with Crippen molar-refractivity contribution in [1.29, 1.82) is 0 Å². The van der Waals surface area contributed by atoms with Gasteiger partial charge in [-0.3, -0.25) is 9.36 Å². The monoisotopic (exact) mass is 280 g/mol. The third kappa shape index (κ3) is 4.42. The Morgan fingerprint density at radius 3 is 2.42 bits per heavy atom. The zero-order chi connectivity index (χ0) is 14.6. The van der Waals surface area contributed by atoms with Gasteiger partial charge in [-0.2, -0.15) is 13.2 Å². The van der Waals surface area contributed by atoms with Crippen LogP contribution in [0.2, 0.25) is 0 Å². The second kappa shape index (κ2) is 5.89. The molecule has 0 fully saturated rings. The molecule has 0 saturated carbocycles. The number of halogens is 3. The van der Waals surface area contributed by atoms with Crippen molar-refractivity contribution < 1.29 is 13.2 Å². The second-order valence-corrected chi connectivity index (χ2v) is 4.12. The first kappa shape index (κ1) is 15.3. The van der Waals surface area contributed by atoms with E-state index >= 15 is 0 Å². The number of aryl methyl sites for hydroxylation is 1. The van der Waals surface area contributed by atoms with Crippen LogP contribution in [-0.2, 0) is 14.1 Å². The Morgan fingerprint density at radius 2 is 1.84 bits per heavy atom. The van der Waals surface area contributed by atoms with Crippen molar-refractivity contribution in [2.45, 2.75) is 25.4 Å². The van der Waals surface area contributed by atoms with Crippen molar-refractivity contribution >= 4 is 5.82 Å². The maximum Gasteiger partial charge on any atom is 0.389 e. The molecule has 0 saturated heterocycles. The van der Waals surface area contributed by atoms with Crippen LogP contribution in [0, 0.1) is 0 Å². The van der Waals surface area contributed by atoms with E-state index in [4.69, 9.17) is 0 Å². The zero-order valence-electron chi connectivity index (χ0n) is 10.6. The lowest BCUT2D eigenvalue weighted by Crippen LogP contribution is -2.40. The van der Waals surface area contributed by atoms with Crippen molar-refractivity contribution in [3.63, 3.8) is 0 Å². The topological polar surface area (TPSA) is 68.9 Å². The molecule has 1 N–H and O–H groups in total. The third-order valence-electron chi connectivity index (χ3n) is 2.50. The van der Waals surface area contributed by atoms with Gasteiger partial charge in [0.1, 0.15) is 0 Å². The molecule has 0 aliphatic rings. The molecule has 0 amide bonds. The van der Waals surface area contributed by atoms with Crippen molar-refractivity contribution in [2.24, 2.45) is 14.1 Å². The predicted octanol–water partition coefficient (Wildman–Crippen LogP) is 0.624. The van der Waals surface area contributed by atoms with Crippen LogP contribution in [0.3, 0.4) is 0 Å². The smallest absolute Gasteiger partial charge is 0.364 e. The Balaban J connectivity index is 2.56. The summed E-state index contributed by atoms with van der Waals surface area (Å²) >= 11 is 0. The van der Waals surface area contributed by atoms with E-state index < -0.39 is 23.8 Å². The first-order valence-corrected chi connectivity index (χ1v) is 5.67. The summed E-state index contributed by atoms with van der Waals surface area (Å²) in [6.45, 7) is 0.191. The Morgan fingerprint density at radius 1 is 1.21 bits per heavy atom. The second-order valence-electron chi connectivity index (χ2n) is 4.12. The number of nitrogens with one attached hydrogen (secondary N) is 1. The number of unbranched alkanes of at least 4 members (excludes halogenated alkanes) is 1. The maximum atomic E-state index is 11.9. The minimum Gasteiger partial charge on any atom is -0.364 e. The summed E-state index contributed by atoms with van der Waals surface area (Å²) in [5.74, 6) is -0.0448.